The Morgan fingerprint density at radius 3 is 3.06 bits per heavy atom. The van der Waals surface area contributed by atoms with Crippen molar-refractivity contribution >= 4 is 18.0 Å². The van der Waals surface area contributed by atoms with Gasteiger partial charge in [0.1, 0.15) is 5.75 Å². The van der Waals surface area contributed by atoms with Crippen molar-refractivity contribution in [3.8, 4) is 5.75 Å². The summed E-state index contributed by atoms with van der Waals surface area (Å²) in [4.78, 5) is 17.9. The largest absolute Gasteiger partial charge is 0.493 e. The first-order valence-corrected chi connectivity index (χ1v) is 6.68. The highest BCUT2D eigenvalue weighted by molar-refractivity contribution is 7.99. The fourth-order valence-corrected chi connectivity index (χ4v) is 2.19. The van der Waals surface area contributed by atoms with Gasteiger partial charge in [-0.05, 0) is 18.6 Å². The van der Waals surface area contributed by atoms with Gasteiger partial charge in [-0.1, -0.05) is 23.9 Å². The van der Waals surface area contributed by atoms with Crippen molar-refractivity contribution in [1.29, 1.82) is 0 Å². The van der Waals surface area contributed by atoms with Crippen LogP contribution in [0.15, 0.2) is 41.8 Å². The van der Waals surface area contributed by atoms with Crippen LogP contribution >= 0.6 is 11.8 Å². The summed E-state index contributed by atoms with van der Waals surface area (Å²) < 4.78 is 5.57. The van der Waals surface area contributed by atoms with E-state index in [0.717, 1.165) is 23.6 Å². The molecular weight excluding hydrogens is 248 g/mol. The summed E-state index contributed by atoms with van der Waals surface area (Å²) in [6.45, 7) is 0.596. The molecule has 1 aromatic carbocycles. The number of aldehydes is 1. The minimum Gasteiger partial charge on any atom is -0.493 e. The van der Waals surface area contributed by atoms with E-state index in [2.05, 4.69) is 9.97 Å². The van der Waals surface area contributed by atoms with E-state index in [1.807, 2.05) is 18.2 Å². The van der Waals surface area contributed by atoms with Gasteiger partial charge in [-0.25, -0.2) is 4.98 Å². The zero-order valence-electron chi connectivity index (χ0n) is 9.83. The quantitative estimate of drug-likeness (QED) is 0.473. The van der Waals surface area contributed by atoms with Crippen LogP contribution in [-0.4, -0.2) is 28.6 Å². The number of ether oxygens (including phenoxy) is 1. The summed E-state index contributed by atoms with van der Waals surface area (Å²) in [6, 6.07) is 7.24. The first kappa shape index (κ1) is 12.7. The highest BCUT2D eigenvalue weighted by Gasteiger charge is 2.01. The zero-order chi connectivity index (χ0) is 12.6. The lowest BCUT2D eigenvalue weighted by atomic mass is 10.2. The van der Waals surface area contributed by atoms with E-state index in [9.17, 15) is 4.79 Å². The van der Waals surface area contributed by atoms with Crippen molar-refractivity contribution in [2.75, 3.05) is 12.4 Å². The van der Waals surface area contributed by atoms with Gasteiger partial charge in [0.05, 0.1) is 12.2 Å². The molecule has 0 fully saturated rings. The number of thioether (sulfide) groups is 1. The molecule has 0 aliphatic heterocycles. The van der Waals surface area contributed by atoms with Crippen LogP contribution in [0.5, 0.6) is 5.75 Å². The fraction of sp³-hybridized carbons (Fsp3) is 0.231. The van der Waals surface area contributed by atoms with Crippen LogP contribution in [0.3, 0.4) is 0 Å². The van der Waals surface area contributed by atoms with E-state index < -0.39 is 0 Å². The molecule has 4 nitrogen and oxygen atoms in total. The maximum absolute atomic E-state index is 10.8. The Morgan fingerprint density at radius 1 is 1.39 bits per heavy atom. The minimum atomic E-state index is 0.594. The van der Waals surface area contributed by atoms with Gasteiger partial charge >= 0.3 is 0 Å². The smallest absolute Gasteiger partial charge is 0.165 e. The number of para-hydroxylation sites is 1. The first-order chi connectivity index (χ1) is 8.90. The number of rotatable bonds is 7. The summed E-state index contributed by atoms with van der Waals surface area (Å²) in [7, 11) is 0. The van der Waals surface area contributed by atoms with E-state index in [1.165, 1.54) is 0 Å². The number of carbonyl (C=O) groups is 1. The third-order valence-electron chi connectivity index (χ3n) is 2.30. The number of benzene rings is 1. The number of imidazole rings is 1. The van der Waals surface area contributed by atoms with Crippen molar-refractivity contribution in [3.05, 3.63) is 42.2 Å². The molecular formula is C13H14N2O2S. The predicted molar refractivity (Wildman–Crippen MR) is 71.3 cm³/mol. The van der Waals surface area contributed by atoms with Crippen molar-refractivity contribution in [1.82, 2.24) is 9.97 Å². The molecule has 1 N–H and O–H groups in total. The molecule has 1 heterocycles. The summed E-state index contributed by atoms with van der Waals surface area (Å²) >= 11 is 1.66. The summed E-state index contributed by atoms with van der Waals surface area (Å²) in [6.07, 6.45) is 5.25. The van der Waals surface area contributed by atoms with Crippen molar-refractivity contribution in [2.45, 2.75) is 11.6 Å². The van der Waals surface area contributed by atoms with E-state index in [0.29, 0.717) is 17.9 Å². The molecule has 94 valence electrons. The van der Waals surface area contributed by atoms with Gasteiger partial charge < -0.3 is 9.72 Å². The van der Waals surface area contributed by atoms with Crippen molar-refractivity contribution in [3.63, 3.8) is 0 Å². The molecule has 0 aliphatic rings. The van der Waals surface area contributed by atoms with Crippen molar-refractivity contribution < 1.29 is 9.53 Å². The lowest BCUT2D eigenvalue weighted by molar-refractivity contribution is 0.111. The minimum absolute atomic E-state index is 0.594. The van der Waals surface area contributed by atoms with Crippen LogP contribution in [0.2, 0.25) is 0 Å². The highest BCUT2D eigenvalue weighted by atomic mass is 32.2. The summed E-state index contributed by atoms with van der Waals surface area (Å²) in [5.74, 6) is 1.58. The molecule has 0 atom stereocenters. The molecule has 0 unspecified atom stereocenters. The van der Waals surface area contributed by atoms with E-state index in [1.54, 1.807) is 30.2 Å². The van der Waals surface area contributed by atoms with E-state index in [-0.39, 0.29) is 0 Å². The van der Waals surface area contributed by atoms with Crippen molar-refractivity contribution in [2.24, 2.45) is 0 Å². The SMILES string of the molecule is O=Cc1ccccc1OCCCSc1ncc[nH]1. The third kappa shape index (κ3) is 3.63. The first-order valence-electron chi connectivity index (χ1n) is 5.69. The van der Waals surface area contributed by atoms with Gasteiger partial charge in [-0.3, -0.25) is 4.79 Å². The Labute approximate surface area is 110 Å². The molecule has 0 bridgehead atoms. The van der Waals surface area contributed by atoms with Crippen LogP contribution in [0.25, 0.3) is 0 Å². The average molecular weight is 262 g/mol. The number of nitrogens with zero attached hydrogens (tertiary/aromatic N) is 1. The van der Waals surface area contributed by atoms with Crippen LogP contribution in [0, 0.1) is 0 Å². The second kappa shape index (κ2) is 6.86. The van der Waals surface area contributed by atoms with Crippen LogP contribution in [0.1, 0.15) is 16.8 Å². The van der Waals surface area contributed by atoms with E-state index in [4.69, 9.17) is 4.74 Å². The number of aromatic amines is 1. The van der Waals surface area contributed by atoms with Crippen LogP contribution < -0.4 is 4.74 Å². The summed E-state index contributed by atoms with van der Waals surface area (Å²) in [5, 5.41) is 0.920. The highest BCUT2D eigenvalue weighted by Crippen LogP contribution is 2.17. The average Bonchev–Trinajstić information content (AvgIpc) is 2.92. The second-order valence-corrected chi connectivity index (χ2v) is 4.68. The van der Waals surface area contributed by atoms with Crippen LogP contribution in [-0.2, 0) is 0 Å². The normalized spacial score (nSPS) is 10.2. The molecule has 0 radical (unpaired) electrons. The number of aromatic nitrogens is 2. The van der Waals surface area contributed by atoms with Gasteiger partial charge in [0.25, 0.3) is 0 Å². The molecule has 2 aromatic rings. The Morgan fingerprint density at radius 2 is 2.28 bits per heavy atom. The molecule has 0 amide bonds. The van der Waals surface area contributed by atoms with Gasteiger partial charge in [0.2, 0.25) is 0 Å². The Bertz CT molecular complexity index is 485. The monoisotopic (exact) mass is 262 g/mol. The standard InChI is InChI=1S/C13H14N2O2S/c16-10-11-4-1-2-5-12(11)17-8-3-9-18-13-14-6-7-15-13/h1-2,4-7,10H,3,8-9H2,(H,14,15). The Kier molecular flexibility index (Phi) is 4.84. The number of H-pyrrole nitrogens is 1. The third-order valence-corrected chi connectivity index (χ3v) is 3.29. The van der Waals surface area contributed by atoms with Crippen LogP contribution in [0.4, 0.5) is 0 Å². The molecule has 0 saturated heterocycles. The number of hydrogen-bond acceptors (Lipinski definition) is 4. The topological polar surface area (TPSA) is 55.0 Å². The maximum atomic E-state index is 10.8. The molecule has 18 heavy (non-hydrogen) atoms. The molecule has 0 aliphatic carbocycles. The molecule has 0 saturated carbocycles. The molecule has 1 aromatic heterocycles. The zero-order valence-corrected chi connectivity index (χ0v) is 10.7. The lowest BCUT2D eigenvalue weighted by Crippen LogP contribution is -2.01. The maximum Gasteiger partial charge on any atom is 0.165 e. The molecule has 5 heteroatoms. The number of carbonyl (C=O) groups excluding carboxylic acids is 1. The fourth-order valence-electron chi connectivity index (χ4n) is 1.45. The molecule has 2 rings (SSSR count). The lowest BCUT2D eigenvalue weighted by Gasteiger charge is -2.07. The summed E-state index contributed by atoms with van der Waals surface area (Å²) in [5.41, 5.74) is 0.594. The van der Waals surface area contributed by atoms with Gasteiger partial charge in [-0.15, -0.1) is 0 Å². The predicted octanol–water partition coefficient (Wildman–Crippen LogP) is 2.78. The van der Waals surface area contributed by atoms with Gasteiger partial charge in [-0.2, -0.15) is 0 Å². The van der Waals surface area contributed by atoms with Gasteiger partial charge in [0.15, 0.2) is 11.4 Å². The second-order valence-electron chi connectivity index (χ2n) is 3.60. The Balaban J connectivity index is 1.70. The van der Waals surface area contributed by atoms with Gasteiger partial charge in [0, 0.05) is 18.1 Å². The molecule has 0 spiro atoms. The number of hydrogen-bond donors (Lipinski definition) is 1. The Hall–Kier alpha value is -1.75. The van der Waals surface area contributed by atoms with E-state index >= 15 is 0 Å². The number of nitrogens with one attached hydrogen (secondary N) is 1.